The van der Waals surface area contributed by atoms with Crippen LogP contribution in [0.15, 0.2) is 17.0 Å². The second-order valence-corrected chi connectivity index (χ2v) is 7.66. The van der Waals surface area contributed by atoms with Gasteiger partial charge in [0.2, 0.25) is 10.0 Å². The standard InChI is InChI=1S/C14H17ClN2O4S/c15-10-6-11-12(21-8-14(18)16-11)7-13(10)22(19,20)17-9-4-2-1-3-5-9/h6-7,9,17H,1-5,8H2,(H,16,18). The maximum absolute atomic E-state index is 12.5. The van der Waals surface area contributed by atoms with Crippen LogP contribution in [-0.4, -0.2) is 27.0 Å². The van der Waals surface area contributed by atoms with Crippen LogP contribution < -0.4 is 14.8 Å². The van der Waals surface area contributed by atoms with Gasteiger partial charge in [-0.25, -0.2) is 13.1 Å². The Labute approximate surface area is 134 Å². The monoisotopic (exact) mass is 344 g/mol. The second kappa shape index (κ2) is 6.06. The normalized spacial score (nSPS) is 19.2. The fourth-order valence-corrected chi connectivity index (χ4v) is 4.64. The molecule has 0 spiro atoms. The third kappa shape index (κ3) is 3.21. The van der Waals surface area contributed by atoms with E-state index in [1.54, 1.807) is 0 Å². The molecule has 6 nitrogen and oxygen atoms in total. The number of nitrogens with one attached hydrogen (secondary N) is 2. The van der Waals surface area contributed by atoms with Gasteiger partial charge in [-0.15, -0.1) is 0 Å². The molecular weight excluding hydrogens is 328 g/mol. The average molecular weight is 345 g/mol. The van der Waals surface area contributed by atoms with Crippen LogP contribution in [0.1, 0.15) is 32.1 Å². The predicted molar refractivity (Wildman–Crippen MR) is 82.8 cm³/mol. The number of anilines is 1. The van der Waals surface area contributed by atoms with E-state index < -0.39 is 10.0 Å². The van der Waals surface area contributed by atoms with Gasteiger partial charge in [0, 0.05) is 12.1 Å². The molecule has 1 amide bonds. The number of hydrogen-bond donors (Lipinski definition) is 2. The van der Waals surface area contributed by atoms with Crippen molar-refractivity contribution in [3.05, 3.63) is 17.2 Å². The van der Waals surface area contributed by atoms with E-state index in [9.17, 15) is 13.2 Å². The van der Waals surface area contributed by atoms with Gasteiger partial charge in [0.15, 0.2) is 6.61 Å². The SMILES string of the molecule is O=C1COc2cc(S(=O)(=O)NC3CCCCC3)c(Cl)cc2N1. The number of halogens is 1. The van der Waals surface area contributed by atoms with E-state index in [1.807, 2.05) is 0 Å². The third-order valence-corrected chi connectivity index (χ3v) is 5.87. The molecule has 1 aromatic rings. The molecule has 22 heavy (non-hydrogen) atoms. The van der Waals surface area contributed by atoms with E-state index >= 15 is 0 Å². The van der Waals surface area contributed by atoms with Crippen LogP contribution in [0, 0.1) is 0 Å². The number of fused-ring (bicyclic) bond motifs is 1. The Hall–Kier alpha value is -1.31. The van der Waals surface area contributed by atoms with Crippen molar-refractivity contribution in [1.29, 1.82) is 0 Å². The lowest BCUT2D eigenvalue weighted by Gasteiger charge is -2.24. The van der Waals surface area contributed by atoms with E-state index in [-0.39, 0.29) is 28.5 Å². The molecule has 1 aromatic carbocycles. The van der Waals surface area contributed by atoms with E-state index in [0.29, 0.717) is 11.4 Å². The zero-order valence-electron chi connectivity index (χ0n) is 11.9. The van der Waals surface area contributed by atoms with Crippen molar-refractivity contribution >= 4 is 33.2 Å². The summed E-state index contributed by atoms with van der Waals surface area (Å²) < 4.78 is 33.0. The molecule has 2 aliphatic rings. The zero-order valence-corrected chi connectivity index (χ0v) is 13.5. The predicted octanol–water partition coefficient (Wildman–Crippen LogP) is 2.28. The van der Waals surface area contributed by atoms with Crippen LogP contribution in [0.4, 0.5) is 5.69 Å². The fourth-order valence-electron chi connectivity index (χ4n) is 2.79. The van der Waals surface area contributed by atoms with Crippen LogP contribution in [-0.2, 0) is 14.8 Å². The van der Waals surface area contributed by atoms with Crippen molar-refractivity contribution < 1.29 is 17.9 Å². The number of carbonyl (C=O) groups is 1. The topological polar surface area (TPSA) is 84.5 Å². The molecular formula is C14H17ClN2O4S. The highest BCUT2D eigenvalue weighted by molar-refractivity contribution is 7.89. The molecule has 0 bridgehead atoms. The molecule has 1 aliphatic carbocycles. The highest BCUT2D eigenvalue weighted by Gasteiger charge is 2.27. The molecule has 2 N–H and O–H groups in total. The van der Waals surface area contributed by atoms with Gasteiger partial charge in [0.05, 0.1) is 10.7 Å². The fraction of sp³-hybridized carbons (Fsp3) is 0.500. The molecule has 8 heteroatoms. The molecule has 0 aromatic heterocycles. The summed E-state index contributed by atoms with van der Waals surface area (Å²) in [6.07, 6.45) is 4.88. The van der Waals surface area contributed by atoms with Gasteiger partial charge >= 0.3 is 0 Å². The minimum absolute atomic E-state index is 0.0189. The van der Waals surface area contributed by atoms with Gasteiger partial charge in [0.1, 0.15) is 10.6 Å². The van der Waals surface area contributed by atoms with Gasteiger partial charge in [0.25, 0.3) is 5.91 Å². The number of hydrogen-bond acceptors (Lipinski definition) is 4. The molecule has 0 atom stereocenters. The second-order valence-electron chi connectivity index (χ2n) is 5.57. The maximum atomic E-state index is 12.5. The summed E-state index contributed by atoms with van der Waals surface area (Å²) in [6.45, 7) is -0.135. The lowest BCUT2D eigenvalue weighted by Crippen LogP contribution is -2.36. The van der Waals surface area contributed by atoms with Crippen molar-refractivity contribution in [2.24, 2.45) is 0 Å². The van der Waals surface area contributed by atoms with Gasteiger partial charge in [-0.05, 0) is 18.9 Å². The molecule has 0 radical (unpaired) electrons. The summed E-state index contributed by atoms with van der Waals surface area (Å²) in [4.78, 5) is 11.3. The Morgan fingerprint density at radius 3 is 2.68 bits per heavy atom. The summed E-state index contributed by atoms with van der Waals surface area (Å²) in [6, 6.07) is 2.72. The number of amides is 1. The molecule has 1 fully saturated rings. The van der Waals surface area contributed by atoms with Crippen molar-refractivity contribution in [1.82, 2.24) is 4.72 Å². The van der Waals surface area contributed by atoms with E-state index in [4.69, 9.17) is 16.3 Å². The number of carbonyl (C=O) groups excluding carboxylic acids is 1. The van der Waals surface area contributed by atoms with Crippen molar-refractivity contribution in [2.45, 2.75) is 43.0 Å². The Morgan fingerprint density at radius 2 is 1.95 bits per heavy atom. The molecule has 0 saturated heterocycles. The smallest absolute Gasteiger partial charge is 0.262 e. The Bertz CT molecular complexity index is 699. The minimum atomic E-state index is -3.71. The van der Waals surface area contributed by atoms with Gasteiger partial charge in [-0.3, -0.25) is 4.79 Å². The lowest BCUT2D eigenvalue weighted by atomic mass is 9.96. The summed E-state index contributed by atoms with van der Waals surface area (Å²) in [7, 11) is -3.71. The Morgan fingerprint density at radius 1 is 1.23 bits per heavy atom. The largest absolute Gasteiger partial charge is 0.482 e. The first-order valence-corrected chi connectivity index (χ1v) is 9.10. The van der Waals surface area contributed by atoms with Gasteiger partial charge in [-0.1, -0.05) is 30.9 Å². The van der Waals surface area contributed by atoms with Crippen molar-refractivity contribution in [3.8, 4) is 5.75 Å². The van der Waals surface area contributed by atoms with Gasteiger partial charge in [-0.2, -0.15) is 0 Å². The number of sulfonamides is 1. The first kappa shape index (κ1) is 15.6. The molecule has 120 valence electrons. The zero-order chi connectivity index (χ0) is 15.7. The number of benzene rings is 1. The van der Waals surface area contributed by atoms with E-state index in [1.165, 1.54) is 12.1 Å². The highest BCUT2D eigenvalue weighted by atomic mass is 35.5. The molecule has 0 unspecified atom stereocenters. The maximum Gasteiger partial charge on any atom is 0.262 e. The minimum Gasteiger partial charge on any atom is -0.482 e. The van der Waals surface area contributed by atoms with Crippen LogP contribution >= 0.6 is 11.6 Å². The number of rotatable bonds is 3. The summed E-state index contributed by atoms with van der Waals surface area (Å²) in [5, 5.41) is 2.66. The van der Waals surface area contributed by atoms with Crippen LogP contribution in [0.2, 0.25) is 5.02 Å². The third-order valence-electron chi connectivity index (χ3n) is 3.88. The first-order chi connectivity index (χ1) is 10.5. The summed E-state index contributed by atoms with van der Waals surface area (Å²) in [5.41, 5.74) is 0.387. The molecule has 1 heterocycles. The lowest BCUT2D eigenvalue weighted by molar-refractivity contribution is -0.118. The summed E-state index contributed by atoms with van der Waals surface area (Å²) >= 11 is 6.09. The average Bonchev–Trinajstić information content (AvgIpc) is 2.46. The Balaban J connectivity index is 1.88. The van der Waals surface area contributed by atoms with Crippen LogP contribution in [0.3, 0.4) is 0 Å². The first-order valence-electron chi connectivity index (χ1n) is 7.24. The molecule has 3 rings (SSSR count). The summed E-state index contributed by atoms with van der Waals surface area (Å²) in [5.74, 6) is 0.0209. The highest BCUT2D eigenvalue weighted by Crippen LogP contribution is 2.35. The molecule has 1 aliphatic heterocycles. The van der Waals surface area contributed by atoms with Crippen molar-refractivity contribution in [2.75, 3.05) is 11.9 Å². The van der Waals surface area contributed by atoms with Crippen molar-refractivity contribution in [3.63, 3.8) is 0 Å². The quantitative estimate of drug-likeness (QED) is 0.881. The van der Waals surface area contributed by atoms with E-state index in [0.717, 1.165) is 32.1 Å². The van der Waals surface area contributed by atoms with Gasteiger partial charge < -0.3 is 10.1 Å². The molecule has 1 saturated carbocycles. The van der Waals surface area contributed by atoms with Crippen LogP contribution in [0.25, 0.3) is 0 Å². The Kier molecular flexibility index (Phi) is 4.29. The van der Waals surface area contributed by atoms with E-state index in [2.05, 4.69) is 10.0 Å². The number of ether oxygens (including phenoxy) is 1. The van der Waals surface area contributed by atoms with Crippen LogP contribution in [0.5, 0.6) is 5.75 Å².